The third-order valence-corrected chi connectivity index (χ3v) is 4.83. The highest BCUT2D eigenvalue weighted by Crippen LogP contribution is 2.22. The maximum atomic E-state index is 12.5. The Labute approximate surface area is 152 Å². The van der Waals surface area contributed by atoms with Crippen LogP contribution in [0, 0.1) is 22.0 Å². The first-order valence-corrected chi connectivity index (χ1v) is 9.16. The van der Waals surface area contributed by atoms with Crippen LogP contribution in [0.1, 0.15) is 31.9 Å². The first kappa shape index (κ1) is 19.4. The predicted molar refractivity (Wildman–Crippen MR) is 100 cm³/mol. The number of rotatable bonds is 3. The molecule has 0 atom stereocenters. The SMILES string of the molecule is CC(C)(C)NS(=O)(=O)c1cc(C#Cc2cccc(N)c2)cc([N+](=O)[O-])c1. The quantitative estimate of drug-likeness (QED) is 0.371. The van der Waals surface area contributed by atoms with Crippen molar-refractivity contribution in [3.05, 3.63) is 63.7 Å². The molecule has 2 rings (SSSR count). The molecule has 0 aliphatic heterocycles. The minimum atomic E-state index is -3.93. The lowest BCUT2D eigenvalue weighted by Gasteiger charge is -2.20. The van der Waals surface area contributed by atoms with Crippen molar-refractivity contribution in [3.8, 4) is 11.8 Å². The standard InChI is InChI=1S/C18H19N3O4S/c1-18(2,3)20-26(24,25)17-11-14(10-16(12-17)21(22)23)8-7-13-5-4-6-15(19)9-13/h4-6,9-12,20H,19H2,1-3H3. The van der Waals surface area contributed by atoms with Crippen molar-refractivity contribution in [1.29, 1.82) is 0 Å². The molecule has 0 radical (unpaired) electrons. The van der Waals surface area contributed by atoms with Crippen LogP contribution in [0.2, 0.25) is 0 Å². The summed E-state index contributed by atoms with van der Waals surface area (Å²) in [6.45, 7) is 5.05. The number of benzene rings is 2. The van der Waals surface area contributed by atoms with E-state index in [0.717, 1.165) is 6.07 Å². The first-order valence-electron chi connectivity index (χ1n) is 7.67. The van der Waals surface area contributed by atoms with E-state index in [0.29, 0.717) is 11.3 Å². The lowest BCUT2D eigenvalue weighted by atomic mass is 10.1. The van der Waals surface area contributed by atoms with Gasteiger partial charge in [-0.05, 0) is 45.0 Å². The molecule has 0 saturated heterocycles. The molecule has 0 fully saturated rings. The van der Waals surface area contributed by atoms with Crippen LogP contribution in [0.4, 0.5) is 11.4 Å². The van der Waals surface area contributed by atoms with Crippen molar-refractivity contribution in [3.63, 3.8) is 0 Å². The van der Waals surface area contributed by atoms with Gasteiger partial charge in [0.25, 0.3) is 5.69 Å². The molecule has 7 nitrogen and oxygen atoms in total. The molecule has 0 spiro atoms. The lowest BCUT2D eigenvalue weighted by Crippen LogP contribution is -2.40. The Morgan fingerprint density at radius 1 is 1.08 bits per heavy atom. The van der Waals surface area contributed by atoms with Gasteiger partial charge in [-0.25, -0.2) is 13.1 Å². The molecule has 136 valence electrons. The number of nitrogens with two attached hydrogens (primary N) is 1. The molecular weight excluding hydrogens is 354 g/mol. The number of nitrogens with zero attached hydrogens (tertiary/aromatic N) is 1. The van der Waals surface area contributed by atoms with E-state index in [1.54, 1.807) is 45.0 Å². The maximum absolute atomic E-state index is 12.5. The molecule has 2 aromatic carbocycles. The number of nitrogens with one attached hydrogen (secondary N) is 1. The van der Waals surface area contributed by atoms with E-state index in [4.69, 9.17) is 5.73 Å². The number of hydrogen-bond donors (Lipinski definition) is 2. The molecule has 0 unspecified atom stereocenters. The minimum absolute atomic E-state index is 0.210. The average molecular weight is 373 g/mol. The Bertz CT molecular complexity index is 1010. The average Bonchev–Trinajstić information content (AvgIpc) is 2.50. The van der Waals surface area contributed by atoms with Crippen LogP contribution in [0.5, 0.6) is 0 Å². The first-order chi connectivity index (χ1) is 12.0. The Morgan fingerprint density at radius 2 is 1.73 bits per heavy atom. The van der Waals surface area contributed by atoms with E-state index >= 15 is 0 Å². The van der Waals surface area contributed by atoms with Crippen molar-refractivity contribution in [1.82, 2.24) is 4.72 Å². The van der Waals surface area contributed by atoms with Crippen molar-refractivity contribution in [2.75, 3.05) is 5.73 Å². The van der Waals surface area contributed by atoms with Gasteiger partial charge in [-0.3, -0.25) is 10.1 Å². The third kappa shape index (κ3) is 5.31. The van der Waals surface area contributed by atoms with Crippen LogP contribution < -0.4 is 10.5 Å². The fourth-order valence-corrected chi connectivity index (χ4v) is 3.62. The number of nitrogen functional groups attached to an aromatic ring is 1. The summed E-state index contributed by atoms with van der Waals surface area (Å²) in [5.41, 5.74) is 5.99. The van der Waals surface area contributed by atoms with Gasteiger partial charge in [0.05, 0.1) is 9.82 Å². The van der Waals surface area contributed by atoms with Crippen molar-refractivity contribution in [2.24, 2.45) is 0 Å². The largest absolute Gasteiger partial charge is 0.399 e. The second-order valence-corrected chi connectivity index (χ2v) is 8.39. The molecule has 2 aromatic rings. The topological polar surface area (TPSA) is 115 Å². The summed E-state index contributed by atoms with van der Waals surface area (Å²) < 4.78 is 27.5. The molecule has 0 bridgehead atoms. The summed E-state index contributed by atoms with van der Waals surface area (Å²) >= 11 is 0. The number of sulfonamides is 1. The van der Waals surface area contributed by atoms with Gasteiger partial charge in [0, 0.05) is 34.5 Å². The number of non-ortho nitro benzene ring substituents is 1. The highest BCUT2D eigenvalue weighted by atomic mass is 32.2. The third-order valence-electron chi connectivity index (χ3n) is 3.09. The fraction of sp³-hybridized carbons (Fsp3) is 0.222. The molecule has 8 heteroatoms. The van der Waals surface area contributed by atoms with Gasteiger partial charge >= 0.3 is 0 Å². The Balaban J connectivity index is 2.52. The van der Waals surface area contributed by atoms with Gasteiger partial charge in [-0.15, -0.1) is 0 Å². The van der Waals surface area contributed by atoms with Crippen LogP contribution in [-0.4, -0.2) is 18.9 Å². The molecule has 0 heterocycles. The van der Waals surface area contributed by atoms with Gasteiger partial charge < -0.3 is 5.73 Å². The van der Waals surface area contributed by atoms with Crippen molar-refractivity contribution < 1.29 is 13.3 Å². The van der Waals surface area contributed by atoms with Crippen LogP contribution in [0.25, 0.3) is 0 Å². The summed E-state index contributed by atoms with van der Waals surface area (Å²) in [5.74, 6) is 5.58. The molecule has 26 heavy (non-hydrogen) atoms. The van der Waals surface area contributed by atoms with Crippen LogP contribution in [0.3, 0.4) is 0 Å². The lowest BCUT2D eigenvalue weighted by molar-refractivity contribution is -0.385. The zero-order valence-corrected chi connectivity index (χ0v) is 15.4. The molecule has 0 amide bonds. The number of anilines is 1. The van der Waals surface area contributed by atoms with Gasteiger partial charge in [0.1, 0.15) is 0 Å². The monoisotopic (exact) mass is 373 g/mol. The fourth-order valence-electron chi connectivity index (χ4n) is 2.14. The highest BCUT2D eigenvalue weighted by molar-refractivity contribution is 7.89. The van der Waals surface area contributed by atoms with E-state index in [1.807, 2.05) is 0 Å². The van der Waals surface area contributed by atoms with Gasteiger partial charge in [-0.1, -0.05) is 17.9 Å². The van der Waals surface area contributed by atoms with E-state index < -0.39 is 20.5 Å². The number of nitro groups is 1. The molecule has 0 aliphatic carbocycles. The Hall–Kier alpha value is -2.89. The number of nitro benzene ring substituents is 1. The summed E-state index contributed by atoms with van der Waals surface area (Å²) in [7, 11) is -3.93. The number of hydrogen-bond acceptors (Lipinski definition) is 5. The smallest absolute Gasteiger partial charge is 0.272 e. The van der Waals surface area contributed by atoms with Crippen LogP contribution in [0.15, 0.2) is 47.4 Å². The second-order valence-electron chi connectivity index (χ2n) is 6.70. The van der Waals surface area contributed by atoms with E-state index in [-0.39, 0.29) is 16.1 Å². The predicted octanol–water partition coefficient (Wildman–Crippen LogP) is 2.65. The molecule has 3 N–H and O–H groups in total. The van der Waals surface area contributed by atoms with Crippen LogP contribution in [-0.2, 0) is 10.0 Å². The Morgan fingerprint density at radius 3 is 2.31 bits per heavy atom. The van der Waals surface area contributed by atoms with E-state index in [2.05, 4.69) is 16.6 Å². The van der Waals surface area contributed by atoms with E-state index in [9.17, 15) is 18.5 Å². The summed E-state index contributed by atoms with van der Waals surface area (Å²) in [6, 6.07) is 10.4. The van der Waals surface area contributed by atoms with Crippen molar-refractivity contribution >= 4 is 21.4 Å². The summed E-state index contributed by atoms with van der Waals surface area (Å²) in [5, 5.41) is 11.2. The zero-order chi connectivity index (χ0) is 19.5. The van der Waals surface area contributed by atoms with Gasteiger partial charge in [-0.2, -0.15) is 0 Å². The second kappa shape index (κ2) is 7.15. The van der Waals surface area contributed by atoms with Gasteiger partial charge in [0.15, 0.2) is 0 Å². The van der Waals surface area contributed by atoms with Crippen LogP contribution >= 0.6 is 0 Å². The summed E-state index contributed by atoms with van der Waals surface area (Å²) in [4.78, 5) is 10.3. The Kier molecular flexibility index (Phi) is 5.35. The molecular formula is C18H19N3O4S. The van der Waals surface area contributed by atoms with Gasteiger partial charge in [0.2, 0.25) is 10.0 Å². The maximum Gasteiger partial charge on any atom is 0.272 e. The zero-order valence-electron chi connectivity index (χ0n) is 14.6. The normalized spacial score (nSPS) is 11.5. The molecule has 0 saturated carbocycles. The van der Waals surface area contributed by atoms with E-state index in [1.165, 1.54) is 12.1 Å². The highest BCUT2D eigenvalue weighted by Gasteiger charge is 2.24. The van der Waals surface area contributed by atoms with Crippen molar-refractivity contribution in [2.45, 2.75) is 31.2 Å². The minimum Gasteiger partial charge on any atom is -0.399 e. The molecule has 0 aliphatic rings. The molecule has 0 aromatic heterocycles. The summed E-state index contributed by atoms with van der Waals surface area (Å²) in [6.07, 6.45) is 0.